The van der Waals surface area contributed by atoms with E-state index in [1.54, 1.807) is 0 Å². The van der Waals surface area contributed by atoms with Gasteiger partial charge in [-0.15, -0.1) is 0 Å². The average Bonchev–Trinajstić information content (AvgIpc) is 3.28. The van der Waals surface area contributed by atoms with Crippen molar-refractivity contribution in [3.63, 3.8) is 0 Å². The van der Waals surface area contributed by atoms with Gasteiger partial charge < -0.3 is 10.6 Å². The maximum atomic E-state index is 9.33. The first-order chi connectivity index (χ1) is 30.5. The second kappa shape index (κ2) is 16.1. The molecule has 0 bridgehead atoms. The van der Waals surface area contributed by atoms with Crippen LogP contribution in [0.15, 0.2) is 194 Å². The monoisotopic (exact) mass is 758 g/mol. The van der Waals surface area contributed by atoms with Gasteiger partial charge in [-0.2, -0.15) is 0 Å². The number of nitrogens with one attached hydrogen (secondary N) is 2. The van der Waals surface area contributed by atoms with Gasteiger partial charge in [0.05, 0.1) is 19.6 Å². The molecule has 0 fully saturated rings. The van der Waals surface area contributed by atoms with Crippen LogP contribution in [0, 0.1) is 0 Å². The average molecular weight is 759 g/mol. The molecule has 0 amide bonds. The third-order valence-corrected chi connectivity index (χ3v) is 10.5. The summed E-state index contributed by atoms with van der Waals surface area (Å²) in [4.78, 5) is 0. The standard InChI is InChI=1S/C56H52N2/c1-55(2,3)44-33-34-47(52(37-44)56(4,5)6)43-35-45(57-53-48(39-21-11-7-12-22-39)29-19-30-49(53)40-23-13-8-14-24-40)38-46(36-43)58-54-50(41-25-15-9-16-26-41)31-20-32-51(54)42-27-17-10-18-28-42/h7-38,57-58H,1-6H3/i19D,20D,29D,30D,31D,32D. The molecule has 0 aliphatic heterocycles. The summed E-state index contributed by atoms with van der Waals surface area (Å²) < 4.78 is 55.4. The van der Waals surface area contributed by atoms with E-state index < -0.39 is 0 Å². The summed E-state index contributed by atoms with van der Waals surface area (Å²) in [6, 6.07) is 50.7. The first kappa shape index (κ1) is 31.4. The smallest absolute Gasteiger partial charge is 0.0630 e. The highest BCUT2D eigenvalue weighted by molar-refractivity contribution is 5.96. The molecule has 0 heterocycles. The zero-order valence-corrected chi connectivity index (χ0v) is 34.0. The van der Waals surface area contributed by atoms with Crippen molar-refractivity contribution >= 4 is 22.7 Å². The Morgan fingerprint density at radius 3 is 1.05 bits per heavy atom. The van der Waals surface area contributed by atoms with Gasteiger partial charge >= 0.3 is 0 Å². The normalized spacial score (nSPS) is 13.1. The number of para-hydroxylation sites is 2. The molecule has 8 aromatic rings. The van der Waals surface area contributed by atoms with E-state index in [1.807, 2.05) is 127 Å². The third kappa shape index (κ3) is 8.24. The molecule has 0 saturated carbocycles. The molecular weight excluding hydrogens is 701 g/mol. The highest BCUT2D eigenvalue weighted by atomic mass is 14.9. The molecule has 2 heteroatoms. The van der Waals surface area contributed by atoms with Crippen molar-refractivity contribution in [3.8, 4) is 55.6 Å². The molecule has 2 N–H and O–H groups in total. The minimum atomic E-state index is -0.246. The molecule has 58 heavy (non-hydrogen) atoms. The molecule has 8 rings (SSSR count). The van der Waals surface area contributed by atoms with Crippen molar-refractivity contribution in [3.05, 3.63) is 205 Å². The lowest BCUT2D eigenvalue weighted by Crippen LogP contribution is -2.17. The Hall–Kier alpha value is -6.64. The van der Waals surface area contributed by atoms with E-state index in [4.69, 9.17) is 2.74 Å². The lowest BCUT2D eigenvalue weighted by Gasteiger charge is -2.28. The largest absolute Gasteiger partial charge is 0.354 e. The van der Waals surface area contributed by atoms with Crippen LogP contribution in [0.5, 0.6) is 0 Å². The summed E-state index contributed by atoms with van der Waals surface area (Å²) in [6.45, 7) is 13.3. The predicted molar refractivity (Wildman–Crippen MR) is 250 cm³/mol. The maximum absolute atomic E-state index is 9.33. The highest BCUT2D eigenvalue weighted by Crippen LogP contribution is 2.44. The second-order valence-electron chi connectivity index (χ2n) is 16.8. The van der Waals surface area contributed by atoms with Crippen molar-refractivity contribution in [2.24, 2.45) is 0 Å². The number of anilines is 4. The summed E-state index contributed by atoms with van der Waals surface area (Å²) in [7, 11) is 0. The Labute approximate surface area is 353 Å². The third-order valence-electron chi connectivity index (χ3n) is 10.5. The molecule has 0 atom stereocenters. The minimum Gasteiger partial charge on any atom is -0.354 e. The minimum absolute atomic E-state index is 0.0536. The van der Waals surface area contributed by atoms with Crippen LogP contribution in [0.3, 0.4) is 0 Å². The van der Waals surface area contributed by atoms with Crippen LogP contribution in [0.25, 0.3) is 55.6 Å². The van der Waals surface area contributed by atoms with E-state index in [2.05, 4.69) is 82.5 Å². The van der Waals surface area contributed by atoms with Crippen LogP contribution in [-0.2, 0) is 10.8 Å². The molecule has 2 nitrogen and oxygen atoms in total. The number of hydrogen-bond donors (Lipinski definition) is 2. The quantitative estimate of drug-likeness (QED) is 0.153. The van der Waals surface area contributed by atoms with Gasteiger partial charge in [-0.3, -0.25) is 0 Å². The maximum Gasteiger partial charge on any atom is 0.0630 e. The fourth-order valence-electron chi connectivity index (χ4n) is 7.45. The van der Waals surface area contributed by atoms with Crippen LogP contribution in [0.4, 0.5) is 22.7 Å². The van der Waals surface area contributed by atoms with Gasteiger partial charge in [-0.05, 0) is 73.5 Å². The van der Waals surface area contributed by atoms with Crippen molar-refractivity contribution in [2.75, 3.05) is 10.6 Å². The molecule has 8 aromatic carbocycles. The van der Waals surface area contributed by atoms with Crippen molar-refractivity contribution in [1.29, 1.82) is 0 Å². The lowest BCUT2D eigenvalue weighted by atomic mass is 9.77. The Morgan fingerprint density at radius 2 is 0.724 bits per heavy atom. The van der Waals surface area contributed by atoms with Crippen LogP contribution in [0.1, 0.15) is 60.9 Å². The van der Waals surface area contributed by atoms with E-state index in [-0.39, 0.29) is 47.1 Å². The summed E-state index contributed by atoms with van der Waals surface area (Å²) in [5.41, 5.74) is 11.3. The van der Waals surface area contributed by atoms with Crippen molar-refractivity contribution in [1.82, 2.24) is 0 Å². The summed E-state index contributed by atoms with van der Waals surface area (Å²) in [6.07, 6.45) is 0. The Morgan fingerprint density at radius 1 is 0.362 bits per heavy atom. The molecule has 0 aliphatic carbocycles. The summed E-state index contributed by atoms with van der Waals surface area (Å²) in [5.74, 6) is 0. The molecule has 0 aliphatic rings. The Balaban J connectivity index is 1.44. The first-order valence-corrected chi connectivity index (χ1v) is 19.9. The fourth-order valence-corrected chi connectivity index (χ4v) is 7.45. The summed E-state index contributed by atoms with van der Waals surface area (Å²) in [5, 5.41) is 7.47. The van der Waals surface area contributed by atoms with Gasteiger partial charge in [-0.25, -0.2) is 0 Å². The SMILES string of the molecule is [2H]c1c([2H])c(-c2ccccc2)c(Nc2cc(Nc3c(-c4ccccc4)c([2H])c([2H])c([2H])c3-c3ccccc3)cc(-c3ccc(C(C)(C)C)cc3C(C)(C)C)c2)c(-c2ccccc2)c1[2H]. The van der Waals surface area contributed by atoms with E-state index in [1.165, 1.54) is 5.56 Å². The van der Waals surface area contributed by atoms with E-state index in [0.717, 1.165) is 38.9 Å². The van der Waals surface area contributed by atoms with Crippen molar-refractivity contribution < 1.29 is 8.22 Å². The van der Waals surface area contributed by atoms with Gasteiger partial charge in [0.2, 0.25) is 0 Å². The molecule has 0 saturated heterocycles. The predicted octanol–water partition coefficient (Wildman–Crippen LogP) is 16.1. The molecule has 0 unspecified atom stereocenters. The van der Waals surface area contributed by atoms with Gasteiger partial charge in [0, 0.05) is 33.6 Å². The zero-order chi connectivity index (χ0) is 45.5. The van der Waals surface area contributed by atoms with E-state index in [0.29, 0.717) is 45.0 Å². The van der Waals surface area contributed by atoms with Crippen LogP contribution in [0.2, 0.25) is 0 Å². The molecular formula is C56H52N2. The molecule has 286 valence electrons. The lowest BCUT2D eigenvalue weighted by molar-refractivity contribution is 0.570. The number of hydrogen-bond acceptors (Lipinski definition) is 2. The van der Waals surface area contributed by atoms with Crippen LogP contribution < -0.4 is 10.6 Å². The Kier molecular flexibility index (Phi) is 8.72. The topological polar surface area (TPSA) is 24.1 Å². The van der Waals surface area contributed by atoms with Gasteiger partial charge in [0.15, 0.2) is 0 Å². The van der Waals surface area contributed by atoms with Crippen LogP contribution in [-0.4, -0.2) is 0 Å². The first-order valence-electron chi connectivity index (χ1n) is 22.9. The molecule has 0 spiro atoms. The van der Waals surface area contributed by atoms with E-state index in [9.17, 15) is 5.48 Å². The molecule has 0 aromatic heterocycles. The number of rotatable bonds is 9. The summed E-state index contributed by atoms with van der Waals surface area (Å²) >= 11 is 0. The van der Waals surface area contributed by atoms with Gasteiger partial charge in [0.1, 0.15) is 0 Å². The van der Waals surface area contributed by atoms with Gasteiger partial charge in [0.25, 0.3) is 0 Å². The zero-order valence-electron chi connectivity index (χ0n) is 40.0. The van der Waals surface area contributed by atoms with Crippen molar-refractivity contribution in [2.45, 2.75) is 52.4 Å². The second-order valence-corrected chi connectivity index (χ2v) is 16.8. The van der Waals surface area contributed by atoms with E-state index >= 15 is 0 Å². The number of benzene rings is 8. The molecule has 0 radical (unpaired) electrons. The van der Waals surface area contributed by atoms with Crippen LogP contribution >= 0.6 is 0 Å². The fraction of sp³-hybridized carbons (Fsp3) is 0.143. The highest BCUT2D eigenvalue weighted by Gasteiger charge is 2.24. The van der Waals surface area contributed by atoms with Gasteiger partial charge in [-0.1, -0.05) is 217 Å². The Bertz CT molecular complexity index is 2690.